The Kier molecular flexibility index (Phi) is 4.41. The van der Waals surface area contributed by atoms with Crippen molar-refractivity contribution in [1.82, 2.24) is 5.32 Å². The third-order valence-corrected chi connectivity index (χ3v) is 5.38. The average Bonchev–Trinajstić information content (AvgIpc) is 2.61. The van der Waals surface area contributed by atoms with Crippen LogP contribution in [0.2, 0.25) is 0 Å². The van der Waals surface area contributed by atoms with Crippen molar-refractivity contribution in [3.8, 4) is 0 Å². The SMILES string of the molecule is CNC(c1cc(Br)c(C)s1)C1CCCOC1. The molecule has 1 aromatic rings. The number of nitrogens with one attached hydrogen (secondary N) is 1. The Morgan fingerprint density at radius 2 is 2.44 bits per heavy atom. The molecular weight excluding hydrogens is 286 g/mol. The van der Waals surface area contributed by atoms with Gasteiger partial charge in [0.15, 0.2) is 0 Å². The maximum atomic E-state index is 5.58. The average molecular weight is 304 g/mol. The fraction of sp³-hybridized carbons (Fsp3) is 0.667. The highest BCUT2D eigenvalue weighted by Gasteiger charge is 2.25. The fourth-order valence-corrected chi connectivity index (χ4v) is 4.04. The summed E-state index contributed by atoms with van der Waals surface area (Å²) in [6.45, 7) is 3.97. The summed E-state index contributed by atoms with van der Waals surface area (Å²) in [5.41, 5.74) is 0. The van der Waals surface area contributed by atoms with Gasteiger partial charge in [0.05, 0.1) is 6.61 Å². The van der Waals surface area contributed by atoms with Gasteiger partial charge in [0.1, 0.15) is 0 Å². The van der Waals surface area contributed by atoms with Gasteiger partial charge in [-0.1, -0.05) is 0 Å². The van der Waals surface area contributed by atoms with Gasteiger partial charge in [-0.2, -0.15) is 0 Å². The van der Waals surface area contributed by atoms with E-state index < -0.39 is 0 Å². The third kappa shape index (κ3) is 2.67. The van der Waals surface area contributed by atoms with Crippen LogP contribution in [0.1, 0.15) is 28.6 Å². The highest BCUT2D eigenvalue weighted by molar-refractivity contribution is 9.10. The van der Waals surface area contributed by atoms with Gasteiger partial charge < -0.3 is 10.1 Å². The zero-order chi connectivity index (χ0) is 11.5. The molecule has 0 amide bonds. The Hall–Kier alpha value is 0.1000. The van der Waals surface area contributed by atoms with Crippen molar-refractivity contribution >= 4 is 27.3 Å². The van der Waals surface area contributed by atoms with Crippen LogP contribution in [0.5, 0.6) is 0 Å². The minimum absolute atomic E-state index is 0.440. The summed E-state index contributed by atoms with van der Waals surface area (Å²) < 4.78 is 6.80. The van der Waals surface area contributed by atoms with Crippen molar-refractivity contribution in [2.75, 3.05) is 20.3 Å². The van der Waals surface area contributed by atoms with Crippen LogP contribution < -0.4 is 5.32 Å². The van der Waals surface area contributed by atoms with Crippen LogP contribution in [0.15, 0.2) is 10.5 Å². The van der Waals surface area contributed by atoms with Gasteiger partial charge in [0, 0.05) is 32.8 Å². The molecule has 0 aromatic carbocycles. The van der Waals surface area contributed by atoms with E-state index in [2.05, 4.69) is 34.2 Å². The molecule has 0 bridgehead atoms. The van der Waals surface area contributed by atoms with Crippen LogP contribution in [0, 0.1) is 12.8 Å². The van der Waals surface area contributed by atoms with Crippen LogP contribution in [-0.2, 0) is 4.74 Å². The molecule has 2 atom stereocenters. The number of aryl methyl sites for hydroxylation is 1. The predicted octanol–water partition coefficient (Wildman–Crippen LogP) is 3.51. The first kappa shape index (κ1) is 12.6. The Balaban J connectivity index is 2.14. The maximum absolute atomic E-state index is 5.58. The van der Waals surface area contributed by atoms with E-state index in [0.717, 1.165) is 13.2 Å². The Bertz CT molecular complexity index is 327. The number of hydrogen-bond acceptors (Lipinski definition) is 3. The fourth-order valence-electron chi connectivity index (χ4n) is 2.27. The molecule has 1 aromatic heterocycles. The van der Waals surface area contributed by atoms with Crippen molar-refractivity contribution in [2.24, 2.45) is 5.92 Å². The molecule has 0 radical (unpaired) electrons. The highest BCUT2D eigenvalue weighted by Crippen LogP contribution is 2.36. The Morgan fingerprint density at radius 3 is 2.94 bits per heavy atom. The second kappa shape index (κ2) is 5.63. The van der Waals surface area contributed by atoms with E-state index in [4.69, 9.17) is 4.74 Å². The van der Waals surface area contributed by atoms with Gasteiger partial charge in [-0.25, -0.2) is 0 Å². The lowest BCUT2D eigenvalue weighted by Crippen LogP contribution is -2.30. The topological polar surface area (TPSA) is 21.3 Å². The molecular formula is C12H18BrNOS. The smallest absolute Gasteiger partial charge is 0.0512 e. The molecule has 4 heteroatoms. The van der Waals surface area contributed by atoms with Crippen LogP contribution >= 0.6 is 27.3 Å². The zero-order valence-electron chi connectivity index (χ0n) is 9.75. The number of rotatable bonds is 3. The van der Waals surface area contributed by atoms with Crippen LogP contribution in [0.3, 0.4) is 0 Å². The Labute approximate surface area is 110 Å². The van der Waals surface area contributed by atoms with E-state index in [1.165, 1.54) is 27.1 Å². The molecule has 0 aliphatic carbocycles. The number of thiophene rings is 1. The minimum Gasteiger partial charge on any atom is -0.381 e. The number of halogens is 1. The Morgan fingerprint density at radius 1 is 1.62 bits per heavy atom. The first-order chi connectivity index (χ1) is 7.72. The quantitative estimate of drug-likeness (QED) is 0.923. The van der Waals surface area contributed by atoms with E-state index in [-0.39, 0.29) is 0 Å². The molecule has 16 heavy (non-hydrogen) atoms. The second-order valence-corrected chi connectivity index (χ2v) is 6.44. The third-order valence-electron chi connectivity index (χ3n) is 3.16. The summed E-state index contributed by atoms with van der Waals surface area (Å²) in [5, 5.41) is 3.44. The molecule has 0 spiro atoms. The van der Waals surface area contributed by atoms with E-state index in [1.54, 1.807) is 0 Å². The van der Waals surface area contributed by atoms with Gasteiger partial charge in [0.25, 0.3) is 0 Å². The van der Waals surface area contributed by atoms with Gasteiger partial charge in [-0.3, -0.25) is 0 Å². The highest BCUT2D eigenvalue weighted by atomic mass is 79.9. The summed E-state index contributed by atoms with van der Waals surface area (Å²) in [6, 6.07) is 2.69. The summed E-state index contributed by atoms with van der Waals surface area (Å²) in [4.78, 5) is 2.77. The van der Waals surface area contributed by atoms with Crippen molar-refractivity contribution in [2.45, 2.75) is 25.8 Å². The summed E-state index contributed by atoms with van der Waals surface area (Å²) in [6.07, 6.45) is 2.45. The van der Waals surface area contributed by atoms with Crippen molar-refractivity contribution < 1.29 is 4.74 Å². The first-order valence-corrected chi connectivity index (χ1v) is 7.34. The monoisotopic (exact) mass is 303 g/mol. The first-order valence-electron chi connectivity index (χ1n) is 5.73. The maximum Gasteiger partial charge on any atom is 0.0512 e. The second-order valence-electron chi connectivity index (χ2n) is 4.30. The lowest BCUT2D eigenvalue weighted by atomic mass is 9.93. The molecule has 2 heterocycles. The van der Waals surface area contributed by atoms with E-state index in [1.807, 2.05) is 18.4 Å². The molecule has 2 nitrogen and oxygen atoms in total. The van der Waals surface area contributed by atoms with Crippen LogP contribution in [-0.4, -0.2) is 20.3 Å². The molecule has 2 unspecified atom stereocenters. The standard InChI is InChI=1S/C12H18BrNOS/c1-8-10(13)6-11(16-8)12(14-2)9-4-3-5-15-7-9/h6,9,12,14H,3-5,7H2,1-2H3. The van der Waals surface area contributed by atoms with E-state index in [0.29, 0.717) is 12.0 Å². The van der Waals surface area contributed by atoms with Crippen molar-refractivity contribution in [3.05, 3.63) is 20.3 Å². The number of ether oxygens (including phenoxy) is 1. The molecule has 1 aliphatic heterocycles. The molecule has 1 N–H and O–H groups in total. The van der Waals surface area contributed by atoms with Crippen LogP contribution in [0.4, 0.5) is 0 Å². The number of hydrogen-bond donors (Lipinski definition) is 1. The lowest BCUT2D eigenvalue weighted by Gasteiger charge is -2.29. The van der Waals surface area contributed by atoms with Crippen molar-refractivity contribution in [1.29, 1.82) is 0 Å². The molecule has 1 aliphatic rings. The summed E-state index contributed by atoms with van der Waals surface area (Å²) in [7, 11) is 2.04. The van der Waals surface area contributed by atoms with Crippen LogP contribution in [0.25, 0.3) is 0 Å². The predicted molar refractivity (Wildman–Crippen MR) is 72.1 cm³/mol. The van der Waals surface area contributed by atoms with E-state index >= 15 is 0 Å². The molecule has 2 rings (SSSR count). The normalized spacial score (nSPS) is 23.3. The zero-order valence-corrected chi connectivity index (χ0v) is 12.2. The molecule has 0 saturated carbocycles. The van der Waals surface area contributed by atoms with Crippen molar-refractivity contribution in [3.63, 3.8) is 0 Å². The molecule has 90 valence electrons. The van der Waals surface area contributed by atoms with Gasteiger partial charge in [-0.05, 0) is 48.8 Å². The van der Waals surface area contributed by atoms with Gasteiger partial charge >= 0.3 is 0 Å². The van der Waals surface area contributed by atoms with Gasteiger partial charge in [0.2, 0.25) is 0 Å². The summed E-state index contributed by atoms with van der Waals surface area (Å²) >= 11 is 5.46. The van der Waals surface area contributed by atoms with Gasteiger partial charge in [-0.15, -0.1) is 11.3 Å². The van der Waals surface area contributed by atoms with E-state index in [9.17, 15) is 0 Å². The minimum atomic E-state index is 0.440. The lowest BCUT2D eigenvalue weighted by molar-refractivity contribution is 0.0407. The summed E-state index contributed by atoms with van der Waals surface area (Å²) in [5.74, 6) is 0.615. The molecule has 1 fully saturated rings. The molecule has 1 saturated heterocycles. The largest absolute Gasteiger partial charge is 0.381 e.